The lowest BCUT2D eigenvalue weighted by molar-refractivity contribution is -0.133. The fourth-order valence-corrected chi connectivity index (χ4v) is 3.54. The zero-order valence-electron chi connectivity index (χ0n) is 11.8. The molecule has 1 aromatic carbocycles. The summed E-state index contributed by atoms with van der Waals surface area (Å²) in [4.78, 5) is 37.1. The molecule has 5 heteroatoms. The maximum absolute atomic E-state index is 12.4. The second kappa shape index (κ2) is 4.98. The second-order valence-corrected chi connectivity index (χ2v) is 6.09. The van der Waals surface area contributed by atoms with Crippen LogP contribution in [0, 0.1) is 5.41 Å². The number of piperidine rings is 1. The van der Waals surface area contributed by atoms with E-state index in [-0.39, 0.29) is 17.2 Å². The number of nitrogens with zero attached hydrogens (tertiary/aromatic N) is 1. The Labute approximate surface area is 123 Å². The summed E-state index contributed by atoms with van der Waals surface area (Å²) >= 11 is 0. The Balaban J connectivity index is 1.84. The van der Waals surface area contributed by atoms with Crippen molar-refractivity contribution in [3.63, 3.8) is 0 Å². The Morgan fingerprint density at radius 1 is 1.00 bits per heavy atom. The highest BCUT2D eigenvalue weighted by Crippen LogP contribution is 2.47. The summed E-state index contributed by atoms with van der Waals surface area (Å²) in [6.45, 7) is 0. The van der Waals surface area contributed by atoms with E-state index in [0.717, 1.165) is 25.7 Å². The number of imide groups is 1. The molecule has 21 heavy (non-hydrogen) atoms. The standard InChI is InChI=1S/C16H18N2O3/c17-15(21)11-3-5-12(6-4-11)18-13(19)9-16(10-14(18)20)7-1-2-8-16/h3-6H,1-2,7-10H2,(H2,17,21). The molecule has 0 aromatic heterocycles. The molecule has 1 spiro atoms. The van der Waals surface area contributed by atoms with Crippen LogP contribution in [0.15, 0.2) is 24.3 Å². The molecule has 0 bridgehead atoms. The highest BCUT2D eigenvalue weighted by Gasteiger charge is 2.45. The van der Waals surface area contributed by atoms with Crippen molar-refractivity contribution in [3.8, 4) is 0 Å². The zero-order valence-corrected chi connectivity index (χ0v) is 11.8. The summed E-state index contributed by atoms with van der Waals surface area (Å²) in [6.07, 6.45) is 5.03. The molecule has 5 nitrogen and oxygen atoms in total. The monoisotopic (exact) mass is 286 g/mol. The smallest absolute Gasteiger partial charge is 0.248 e. The van der Waals surface area contributed by atoms with Crippen molar-refractivity contribution in [2.24, 2.45) is 11.1 Å². The van der Waals surface area contributed by atoms with E-state index in [1.807, 2.05) is 0 Å². The summed E-state index contributed by atoms with van der Waals surface area (Å²) in [5.74, 6) is -0.803. The van der Waals surface area contributed by atoms with E-state index in [2.05, 4.69) is 0 Å². The Hall–Kier alpha value is -2.17. The Morgan fingerprint density at radius 3 is 2.00 bits per heavy atom. The maximum Gasteiger partial charge on any atom is 0.248 e. The lowest BCUT2D eigenvalue weighted by Crippen LogP contribution is -2.47. The van der Waals surface area contributed by atoms with Crippen molar-refractivity contribution in [2.45, 2.75) is 38.5 Å². The van der Waals surface area contributed by atoms with Crippen LogP contribution in [0.3, 0.4) is 0 Å². The molecule has 2 N–H and O–H groups in total. The molecule has 1 saturated carbocycles. The minimum absolute atomic E-state index is 0.0994. The Morgan fingerprint density at radius 2 is 1.52 bits per heavy atom. The molecule has 110 valence electrons. The molecule has 2 aliphatic rings. The fraction of sp³-hybridized carbons (Fsp3) is 0.438. The van der Waals surface area contributed by atoms with E-state index in [4.69, 9.17) is 5.73 Å². The lowest BCUT2D eigenvalue weighted by Gasteiger charge is -2.37. The van der Waals surface area contributed by atoms with Crippen LogP contribution < -0.4 is 10.6 Å². The van der Waals surface area contributed by atoms with Crippen LogP contribution >= 0.6 is 0 Å². The van der Waals surface area contributed by atoms with Crippen molar-refractivity contribution >= 4 is 23.4 Å². The molecule has 1 aliphatic carbocycles. The molecular weight excluding hydrogens is 268 g/mol. The van der Waals surface area contributed by atoms with Gasteiger partial charge in [-0.15, -0.1) is 0 Å². The van der Waals surface area contributed by atoms with Gasteiger partial charge in [0.1, 0.15) is 0 Å². The number of hydrogen-bond acceptors (Lipinski definition) is 3. The van der Waals surface area contributed by atoms with Crippen LogP contribution in [0.2, 0.25) is 0 Å². The van der Waals surface area contributed by atoms with Crippen molar-refractivity contribution < 1.29 is 14.4 Å². The Bertz CT molecular complexity index is 580. The molecule has 3 amide bonds. The van der Waals surface area contributed by atoms with Crippen LogP contribution in [-0.2, 0) is 9.59 Å². The SMILES string of the molecule is NC(=O)c1ccc(N2C(=O)CC3(CCCC3)CC2=O)cc1. The van der Waals surface area contributed by atoms with E-state index >= 15 is 0 Å². The molecule has 1 aromatic rings. The van der Waals surface area contributed by atoms with Crippen LogP contribution in [0.5, 0.6) is 0 Å². The number of hydrogen-bond donors (Lipinski definition) is 1. The molecule has 1 heterocycles. The predicted molar refractivity (Wildman–Crippen MR) is 77.6 cm³/mol. The topological polar surface area (TPSA) is 80.5 Å². The first-order valence-electron chi connectivity index (χ1n) is 7.26. The van der Waals surface area contributed by atoms with Gasteiger partial charge in [0.05, 0.1) is 5.69 Å². The van der Waals surface area contributed by atoms with Gasteiger partial charge in [0.15, 0.2) is 0 Å². The highest BCUT2D eigenvalue weighted by molar-refractivity contribution is 6.17. The van der Waals surface area contributed by atoms with Crippen LogP contribution in [0.4, 0.5) is 5.69 Å². The van der Waals surface area contributed by atoms with E-state index in [9.17, 15) is 14.4 Å². The molecule has 3 rings (SSSR count). The van der Waals surface area contributed by atoms with Gasteiger partial charge >= 0.3 is 0 Å². The first kappa shape index (κ1) is 13.8. The van der Waals surface area contributed by atoms with Gasteiger partial charge in [0.2, 0.25) is 17.7 Å². The van der Waals surface area contributed by atoms with Crippen molar-refractivity contribution in [3.05, 3.63) is 29.8 Å². The largest absolute Gasteiger partial charge is 0.366 e. The average Bonchev–Trinajstić information content (AvgIpc) is 2.86. The third-order valence-electron chi connectivity index (χ3n) is 4.63. The molecule has 2 fully saturated rings. The minimum Gasteiger partial charge on any atom is -0.366 e. The summed E-state index contributed by atoms with van der Waals surface area (Å²) < 4.78 is 0. The van der Waals surface area contributed by atoms with Crippen LogP contribution in [0.1, 0.15) is 48.9 Å². The zero-order chi connectivity index (χ0) is 15.0. The van der Waals surface area contributed by atoms with Crippen molar-refractivity contribution in [1.82, 2.24) is 0 Å². The van der Waals surface area contributed by atoms with Gasteiger partial charge in [-0.3, -0.25) is 19.3 Å². The molecule has 1 saturated heterocycles. The average molecular weight is 286 g/mol. The summed E-state index contributed by atoms with van der Waals surface area (Å²) in [5, 5.41) is 0. The maximum atomic E-state index is 12.4. The number of rotatable bonds is 2. The fourth-order valence-electron chi connectivity index (χ4n) is 3.54. The van der Waals surface area contributed by atoms with Gasteiger partial charge in [0.25, 0.3) is 0 Å². The van der Waals surface area contributed by atoms with Gasteiger partial charge in [-0.2, -0.15) is 0 Å². The number of amides is 3. The van der Waals surface area contributed by atoms with Crippen LogP contribution in [-0.4, -0.2) is 17.7 Å². The second-order valence-electron chi connectivity index (χ2n) is 6.09. The molecular formula is C16H18N2O3. The molecule has 0 radical (unpaired) electrons. The molecule has 1 aliphatic heterocycles. The normalized spacial score (nSPS) is 21.0. The summed E-state index contributed by atoms with van der Waals surface area (Å²) in [5.41, 5.74) is 5.97. The number of carbonyl (C=O) groups excluding carboxylic acids is 3. The van der Waals surface area contributed by atoms with E-state index in [0.29, 0.717) is 24.1 Å². The molecule has 0 unspecified atom stereocenters. The lowest BCUT2D eigenvalue weighted by atomic mass is 9.76. The minimum atomic E-state index is -0.525. The number of carbonyl (C=O) groups is 3. The number of anilines is 1. The number of nitrogens with two attached hydrogens (primary N) is 1. The molecule has 0 atom stereocenters. The van der Waals surface area contributed by atoms with E-state index in [1.165, 1.54) is 17.0 Å². The predicted octanol–water partition coefficient (Wildman–Crippen LogP) is 2.00. The first-order valence-corrected chi connectivity index (χ1v) is 7.26. The van der Waals surface area contributed by atoms with E-state index < -0.39 is 5.91 Å². The summed E-state index contributed by atoms with van der Waals surface area (Å²) in [6, 6.07) is 6.28. The van der Waals surface area contributed by atoms with Gasteiger partial charge in [-0.1, -0.05) is 12.8 Å². The number of benzene rings is 1. The van der Waals surface area contributed by atoms with Gasteiger partial charge in [-0.05, 0) is 42.5 Å². The third-order valence-corrected chi connectivity index (χ3v) is 4.63. The van der Waals surface area contributed by atoms with Crippen LogP contribution in [0.25, 0.3) is 0 Å². The van der Waals surface area contributed by atoms with Gasteiger partial charge < -0.3 is 5.73 Å². The van der Waals surface area contributed by atoms with Crippen molar-refractivity contribution in [2.75, 3.05) is 4.90 Å². The quantitative estimate of drug-likeness (QED) is 0.844. The Kier molecular flexibility index (Phi) is 3.27. The first-order chi connectivity index (χ1) is 10.0. The van der Waals surface area contributed by atoms with Crippen molar-refractivity contribution in [1.29, 1.82) is 0 Å². The highest BCUT2D eigenvalue weighted by atomic mass is 16.2. The van der Waals surface area contributed by atoms with E-state index in [1.54, 1.807) is 12.1 Å². The summed E-state index contributed by atoms with van der Waals surface area (Å²) in [7, 11) is 0. The number of primary amides is 1. The third kappa shape index (κ3) is 2.44. The van der Waals surface area contributed by atoms with Gasteiger partial charge in [-0.25, -0.2) is 0 Å². The van der Waals surface area contributed by atoms with Gasteiger partial charge in [0, 0.05) is 18.4 Å².